The molecule has 0 saturated carbocycles. The highest BCUT2D eigenvalue weighted by molar-refractivity contribution is 6.31. The molecule has 0 aliphatic rings. The van der Waals surface area contributed by atoms with Crippen LogP contribution >= 0.6 is 11.6 Å². The maximum atomic E-state index is 8.97. The van der Waals surface area contributed by atoms with Crippen molar-refractivity contribution in [3.05, 3.63) is 58.5 Å². The van der Waals surface area contributed by atoms with E-state index >= 15 is 0 Å². The molecule has 0 fully saturated rings. The second kappa shape index (κ2) is 6.22. The maximum absolute atomic E-state index is 8.97. The van der Waals surface area contributed by atoms with Crippen molar-refractivity contribution < 1.29 is 4.74 Å². The number of anilines is 1. The van der Waals surface area contributed by atoms with Crippen LogP contribution in [0.5, 0.6) is 11.6 Å². The standard InChI is InChI=1S/C17H14ClN5O/c1-10-17(24-16-6-4-13(20)9-21-16)11(2)23(22-10)14-5-3-12(8-19)15(18)7-14/h3-7,9H,20H2,1-2H3. The van der Waals surface area contributed by atoms with Gasteiger partial charge in [-0.15, -0.1) is 0 Å². The Morgan fingerprint density at radius 3 is 2.67 bits per heavy atom. The number of nitrogens with zero attached hydrogens (tertiary/aromatic N) is 4. The summed E-state index contributed by atoms with van der Waals surface area (Å²) in [5, 5.41) is 13.8. The molecule has 6 nitrogen and oxygen atoms in total. The molecule has 3 aromatic rings. The number of nitrogens with two attached hydrogens (primary N) is 1. The highest BCUT2D eigenvalue weighted by Gasteiger charge is 2.16. The Morgan fingerprint density at radius 1 is 1.25 bits per heavy atom. The molecule has 120 valence electrons. The molecule has 7 heteroatoms. The zero-order valence-corrected chi connectivity index (χ0v) is 13.9. The molecule has 0 amide bonds. The van der Waals surface area contributed by atoms with Gasteiger partial charge in [0.15, 0.2) is 5.75 Å². The third-order valence-corrected chi connectivity index (χ3v) is 3.82. The minimum absolute atomic E-state index is 0.380. The molecular weight excluding hydrogens is 326 g/mol. The van der Waals surface area contributed by atoms with Gasteiger partial charge in [-0.25, -0.2) is 9.67 Å². The molecule has 0 bridgehead atoms. The SMILES string of the molecule is Cc1nn(-c2ccc(C#N)c(Cl)c2)c(C)c1Oc1ccc(N)cn1. The molecule has 3 rings (SSSR count). The van der Waals surface area contributed by atoms with Gasteiger partial charge in [0.05, 0.1) is 33.9 Å². The van der Waals surface area contributed by atoms with Crippen LogP contribution < -0.4 is 10.5 Å². The highest BCUT2D eigenvalue weighted by Crippen LogP contribution is 2.30. The molecule has 0 aliphatic heterocycles. The summed E-state index contributed by atoms with van der Waals surface area (Å²) in [6.07, 6.45) is 1.53. The lowest BCUT2D eigenvalue weighted by molar-refractivity contribution is 0.456. The summed E-state index contributed by atoms with van der Waals surface area (Å²) in [4.78, 5) is 4.13. The molecule has 0 atom stereocenters. The number of ether oxygens (including phenoxy) is 1. The van der Waals surface area contributed by atoms with E-state index in [9.17, 15) is 0 Å². The normalized spacial score (nSPS) is 10.4. The number of aromatic nitrogens is 3. The van der Waals surface area contributed by atoms with Crippen LogP contribution in [0, 0.1) is 25.2 Å². The van der Waals surface area contributed by atoms with Crippen molar-refractivity contribution in [1.82, 2.24) is 14.8 Å². The van der Waals surface area contributed by atoms with Crippen molar-refractivity contribution in [2.24, 2.45) is 0 Å². The summed E-state index contributed by atoms with van der Waals surface area (Å²) in [5.41, 5.74) is 8.88. The first-order valence-electron chi connectivity index (χ1n) is 7.15. The van der Waals surface area contributed by atoms with E-state index in [4.69, 9.17) is 27.3 Å². The summed E-state index contributed by atoms with van der Waals surface area (Å²) in [6, 6.07) is 10.6. The van der Waals surface area contributed by atoms with E-state index in [-0.39, 0.29) is 0 Å². The number of rotatable bonds is 3. The summed E-state index contributed by atoms with van der Waals surface area (Å²) in [5.74, 6) is 1.06. The van der Waals surface area contributed by atoms with Gasteiger partial charge in [-0.1, -0.05) is 11.6 Å². The minimum Gasteiger partial charge on any atom is -0.435 e. The van der Waals surface area contributed by atoms with Crippen LogP contribution in [0.1, 0.15) is 17.0 Å². The second-order valence-corrected chi connectivity index (χ2v) is 5.63. The lowest BCUT2D eigenvalue weighted by Gasteiger charge is -2.07. The quantitative estimate of drug-likeness (QED) is 0.784. The van der Waals surface area contributed by atoms with E-state index in [0.717, 1.165) is 11.4 Å². The third kappa shape index (κ3) is 2.90. The van der Waals surface area contributed by atoms with Gasteiger partial charge in [0.1, 0.15) is 11.8 Å². The van der Waals surface area contributed by atoms with E-state index in [2.05, 4.69) is 10.1 Å². The number of benzene rings is 1. The van der Waals surface area contributed by atoms with E-state index < -0.39 is 0 Å². The molecule has 0 spiro atoms. The number of nitriles is 1. The van der Waals surface area contributed by atoms with Gasteiger partial charge >= 0.3 is 0 Å². The Bertz CT molecular complexity index is 941. The maximum Gasteiger partial charge on any atom is 0.219 e. The van der Waals surface area contributed by atoms with Gasteiger partial charge in [0.25, 0.3) is 0 Å². The van der Waals surface area contributed by atoms with Crippen LogP contribution in [-0.2, 0) is 0 Å². The van der Waals surface area contributed by atoms with E-state index in [0.29, 0.717) is 33.6 Å². The largest absolute Gasteiger partial charge is 0.435 e. The van der Waals surface area contributed by atoms with Crippen molar-refractivity contribution in [2.75, 3.05) is 5.73 Å². The van der Waals surface area contributed by atoms with E-state index in [1.54, 1.807) is 35.0 Å². The number of nitrogen functional groups attached to an aromatic ring is 1. The smallest absolute Gasteiger partial charge is 0.219 e. The van der Waals surface area contributed by atoms with Crippen molar-refractivity contribution in [2.45, 2.75) is 13.8 Å². The average Bonchev–Trinajstić information content (AvgIpc) is 2.85. The first-order valence-corrected chi connectivity index (χ1v) is 7.53. The van der Waals surface area contributed by atoms with Crippen LogP contribution in [0.3, 0.4) is 0 Å². The Balaban J connectivity index is 1.99. The van der Waals surface area contributed by atoms with Gasteiger partial charge < -0.3 is 10.5 Å². The van der Waals surface area contributed by atoms with Crippen LogP contribution in [-0.4, -0.2) is 14.8 Å². The number of hydrogen-bond acceptors (Lipinski definition) is 5. The molecular formula is C17H14ClN5O. The molecule has 0 saturated heterocycles. The Kier molecular flexibility index (Phi) is 4.11. The summed E-state index contributed by atoms with van der Waals surface area (Å²) in [7, 11) is 0. The van der Waals surface area contributed by atoms with Crippen LogP contribution in [0.15, 0.2) is 36.5 Å². The number of hydrogen-bond donors (Lipinski definition) is 1. The fourth-order valence-electron chi connectivity index (χ4n) is 2.31. The van der Waals surface area contributed by atoms with Gasteiger partial charge in [-0.3, -0.25) is 0 Å². The summed E-state index contributed by atoms with van der Waals surface area (Å²) in [6.45, 7) is 3.74. The Labute approximate surface area is 144 Å². The fraction of sp³-hybridized carbons (Fsp3) is 0.118. The van der Waals surface area contributed by atoms with Crippen molar-refractivity contribution in [3.8, 4) is 23.4 Å². The summed E-state index contributed by atoms with van der Waals surface area (Å²) >= 11 is 6.11. The van der Waals surface area contributed by atoms with Crippen LogP contribution in [0.4, 0.5) is 5.69 Å². The molecule has 2 heterocycles. The van der Waals surface area contributed by atoms with Gasteiger partial charge in [0.2, 0.25) is 5.88 Å². The molecule has 2 N–H and O–H groups in total. The molecule has 1 aromatic carbocycles. The second-order valence-electron chi connectivity index (χ2n) is 5.22. The Morgan fingerprint density at radius 2 is 2.04 bits per heavy atom. The molecule has 2 aromatic heterocycles. The predicted octanol–water partition coefficient (Wildman–Crippen LogP) is 3.78. The number of halogens is 1. The average molecular weight is 340 g/mol. The number of pyridine rings is 1. The molecule has 0 unspecified atom stereocenters. The fourth-order valence-corrected chi connectivity index (χ4v) is 2.53. The van der Waals surface area contributed by atoms with Gasteiger partial charge in [-0.05, 0) is 38.1 Å². The lowest BCUT2D eigenvalue weighted by atomic mass is 10.2. The predicted molar refractivity (Wildman–Crippen MR) is 91.5 cm³/mol. The number of aryl methyl sites for hydroxylation is 1. The van der Waals surface area contributed by atoms with Crippen molar-refractivity contribution in [3.63, 3.8) is 0 Å². The monoisotopic (exact) mass is 339 g/mol. The van der Waals surface area contributed by atoms with E-state index in [1.165, 1.54) is 6.20 Å². The minimum atomic E-state index is 0.380. The topological polar surface area (TPSA) is 89.8 Å². The van der Waals surface area contributed by atoms with Crippen molar-refractivity contribution in [1.29, 1.82) is 5.26 Å². The van der Waals surface area contributed by atoms with Crippen molar-refractivity contribution >= 4 is 17.3 Å². The molecule has 24 heavy (non-hydrogen) atoms. The first-order chi connectivity index (χ1) is 11.5. The zero-order valence-electron chi connectivity index (χ0n) is 13.1. The summed E-state index contributed by atoms with van der Waals surface area (Å²) < 4.78 is 7.55. The first kappa shape index (κ1) is 15.8. The zero-order chi connectivity index (χ0) is 17.3. The van der Waals surface area contributed by atoms with Gasteiger partial charge in [0, 0.05) is 6.07 Å². The highest BCUT2D eigenvalue weighted by atomic mass is 35.5. The van der Waals surface area contributed by atoms with Crippen LogP contribution in [0.2, 0.25) is 5.02 Å². The van der Waals surface area contributed by atoms with E-state index in [1.807, 2.05) is 19.9 Å². The van der Waals surface area contributed by atoms with Gasteiger partial charge in [-0.2, -0.15) is 10.4 Å². The lowest BCUT2D eigenvalue weighted by Crippen LogP contribution is -1.99. The molecule has 0 radical (unpaired) electrons. The molecule has 0 aliphatic carbocycles. The van der Waals surface area contributed by atoms with Crippen LogP contribution in [0.25, 0.3) is 5.69 Å². The Hall–Kier alpha value is -3.04. The third-order valence-electron chi connectivity index (χ3n) is 3.51.